The van der Waals surface area contributed by atoms with Gasteiger partial charge in [0.15, 0.2) is 0 Å². The fraction of sp³-hybridized carbons (Fsp3) is 0.538. The van der Waals surface area contributed by atoms with Crippen molar-refractivity contribution in [3.8, 4) is 0 Å². The lowest BCUT2D eigenvalue weighted by atomic mass is 9.74. The van der Waals surface area contributed by atoms with Crippen LogP contribution < -0.4 is 11.1 Å². The van der Waals surface area contributed by atoms with Gasteiger partial charge in [-0.2, -0.15) is 0 Å². The normalized spacial score (nSPS) is 27.6. The first kappa shape index (κ1) is 12.9. The van der Waals surface area contributed by atoms with Crippen LogP contribution in [0.5, 0.6) is 0 Å². The molecule has 3 nitrogen and oxygen atoms in total. The molecule has 1 aromatic carbocycles. The maximum Gasteiger partial charge on any atom is 0.0620 e. The standard InChI is InChI=1S/C13H19BrN2O/c1-2-17-12-7-13(8-12,9-15)16-11-5-3-4-10(14)6-11/h3-6,12,16H,2,7-9,15H2,1H3. The number of rotatable bonds is 5. The van der Waals surface area contributed by atoms with Gasteiger partial charge in [-0.1, -0.05) is 22.0 Å². The van der Waals surface area contributed by atoms with Crippen molar-refractivity contribution in [3.63, 3.8) is 0 Å². The highest BCUT2D eigenvalue weighted by Gasteiger charge is 2.43. The van der Waals surface area contributed by atoms with E-state index in [9.17, 15) is 0 Å². The number of benzene rings is 1. The Morgan fingerprint density at radius 3 is 2.88 bits per heavy atom. The number of hydrogen-bond acceptors (Lipinski definition) is 3. The van der Waals surface area contributed by atoms with Crippen LogP contribution in [0.2, 0.25) is 0 Å². The van der Waals surface area contributed by atoms with E-state index in [4.69, 9.17) is 10.5 Å². The van der Waals surface area contributed by atoms with Crippen molar-refractivity contribution >= 4 is 21.6 Å². The van der Waals surface area contributed by atoms with Gasteiger partial charge in [0.1, 0.15) is 0 Å². The van der Waals surface area contributed by atoms with E-state index in [-0.39, 0.29) is 5.54 Å². The maximum atomic E-state index is 5.88. The van der Waals surface area contributed by atoms with Crippen LogP contribution in [0.1, 0.15) is 19.8 Å². The molecule has 1 fully saturated rings. The van der Waals surface area contributed by atoms with Crippen molar-refractivity contribution in [1.29, 1.82) is 0 Å². The number of hydrogen-bond donors (Lipinski definition) is 2. The second-order valence-corrected chi connectivity index (χ2v) is 5.52. The van der Waals surface area contributed by atoms with Crippen molar-refractivity contribution in [2.75, 3.05) is 18.5 Å². The van der Waals surface area contributed by atoms with E-state index < -0.39 is 0 Å². The largest absolute Gasteiger partial charge is 0.378 e. The van der Waals surface area contributed by atoms with Crippen molar-refractivity contribution in [1.82, 2.24) is 0 Å². The van der Waals surface area contributed by atoms with E-state index in [2.05, 4.69) is 33.4 Å². The van der Waals surface area contributed by atoms with Gasteiger partial charge in [0.2, 0.25) is 0 Å². The summed E-state index contributed by atoms with van der Waals surface area (Å²) in [7, 11) is 0. The topological polar surface area (TPSA) is 47.3 Å². The molecule has 1 aromatic rings. The van der Waals surface area contributed by atoms with Crippen LogP contribution in [0.3, 0.4) is 0 Å². The zero-order valence-corrected chi connectivity index (χ0v) is 11.7. The summed E-state index contributed by atoms with van der Waals surface area (Å²) in [6.07, 6.45) is 2.34. The Morgan fingerprint density at radius 1 is 1.53 bits per heavy atom. The average Bonchev–Trinajstić information content (AvgIpc) is 2.26. The Labute approximate surface area is 111 Å². The van der Waals surface area contributed by atoms with E-state index in [1.807, 2.05) is 19.1 Å². The second kappa shape index (κ2) is 5.38. The molecule has 0 atom stereocenters. The molecule has 0 spiro atoms. The van der Waals surface area contributed by atoms with Gasteiger partial charge in [-0.3, -0.25) is 0 Å². The van der Waals surface area contributed by atoms with Crippen molar-refractivity contribution in [2.24, 2.45) is 5.73 Å². The zero-order valence-electron chi connectivity index (χ0n) is 10.1. The van der Waals surface area contributed by atoms with E-state index >= 15 is 0 Å². The van der Waals surface area contributed by atoms with Crippen LogP contribution in [0.15, 0.2) is 28.7 Å². The van der Waals surface area contributed by atoms with Gasteiger partial charge in [0.25, 0.3) is 0 Å². The summed E-state index contributed by atoms with van der Waals surface area (Å²) in [5.41, 5.74) is 7.01. The second-order valence-electron chi connectivity index (χ2n) is 4.61. The summed E-state index contributed by atoms with van der Waals surface area (Å²) < 4.78 is 6.67. The monoisotopic (exact) mass is 298 g/mol. The Balaban J connectivity index is 1.97. The molecule has 94 valence electrons. The highest BCUT2D eigenvalue weighted by molar-refractivity contribution is 9.10. The minimum Gasteiger partial charge on any atom is -0.378 e. The number of ether oxygens (including phenoxy) is 1. The molecule has 0 saturated heterocycles. The van der Waals surface area contributed by atoms with E-state index in [1.165, 1.54) is 0 Å². The summed E-state index contributed by atoms with van der Waals surface area (Å²) in [4.78, 5) is 0. The number of anilines is 1. The van der Waals surface area contributed by atoms with Gasteiger partial charge in [0, 0.05) is 23.3 Å². The summed E-state index contributed by atoms with van der Waals surface area (Å²) in [6.45, 7) is 3.45. The Hall–Kier alpha value is -0.580. The fourth-order valence-corrected chi connectivity index (χ4v) is 2.76. The van der Waals surface area contributed by atoms with Crippen molar-refractivity contribution in [3.05, 3.63) is 28.7 Å². The molecular formula is C13H19BrN2O. The average molecular weight is 299 g/mol. The number of nitrogens with two attached hydrogens (primary N) is 1. The Morgan fingerprint density at radius 2 is 2.29 bits per heavy atom. The van der Waals surface area contributed by atoms with Gasteiger partial charge in [-0.15, -0.1) is 0 Å². The van der Waals surface area contributed by atoms with Crippen LogP contribution >= 0.6 is 15.9 Å². The molecule has 3 N–H and O–H groups in total. The van der Waals surface area contributed by atoms with Gasteiger partial charge in [-0.25, -0.2) is 0 Å². The molecule has 0 heterocycles. The Kier molecular flexibility index (Phi) is 4.07. The fourth-order valence-electron chi connectivity index (χ4n) is 2.36. The molecule has 2 rings (SSSR count). The lowest BCUT2D eigenvalue weighted by molar-refractivity contribution is -0.0271. The highest BCUT2D eigenvalue weighted by Crippen LogP contribution is 2.37. The molecule has 1 aliphatic carbocycles. The number of nitrogens with one attached hydrogen (secondary N) is 1. The smallest absolute Gasteiger partial charge is 0.0620 e. The molecule has 1 saturated carbocycles. The van der Waals surface area contributed by atoms with Crippen molar-refractivity contribution < 1.29 is 4.74 Å². The molecule has 4 heteroatoms. The summed E-state index contributed by atoms with van der Waals surface area (Å²) >= 11 is 3.47. The minimum absolute atomic E-state index is 0.0145. The molecule has 0 bridgehead atoms. The third-order valence-electron chi connectivity index (χ3n) is 3.26. The molecule has 17 heavy (non-hydrogen) atoms. The molecule has 0 aromatic heterocycles. The quantitative estimate of drug-likeness (QED) is 0.879. The molecule has 0 unspecified atom stereocenters. The predicted octanol–water partition coefficient (Wildman–Crippen LogP) is 2.76. The highest BCUT2D eigenvalue weighted by atomic mass is 79.9. The van der Waals surface area contributed by atoms with Crippen LogP contribution in [-0.2, 0) is 4.74 Å². The predicted molar refractivity (Wildman–Crippen MR) is 74.2 cm³/mol. The maximum absolute atomic E-state index is 5.88. The van der Waals surface area contributed by atoms with Gasteiger partial charge in [-0.05, 0) is 38.0 Å². The van der Waals surface area contributed by atoms with Gasteiger partial charge >= 0.3 is 0 Å². The van der Waals surface area contributed by atoms with Crippen LogP contribution in [0.25, 0.3) is 0 Å². The SMILES string of the molecule is CCOC1CC(CN)(Nc2cccc(Br)c2)C1. The van der Waals surface area contributed by atoms with E-state index in [0.29, 0.717) is 12.6 Å². The van der Waals surface area contributed by atoms with Crippen LogP contribution in [-0.4, -0.2) is 24.8 Å². The Bertz CT molecular complexity index is 377. The lowest BCUT2D eigenvalue weighted by Crippen LogP contribution is -2.58. The zero-order chi connectivity index (χ0) is 12.3. The first-order chi connectivity index (χ1) is 8.17. The van der Waals surface area contributed by atoms with Crippen LogP contribution in [0, 0.1) is 0 Å². The van der Waals surface area contributed by atoms with E-state index in [0.717, 1.165) is 29.6 Å². The molecule has 1 aliphatic rings. The third kappa shape index (κ3) is 3.00. The lowest BCUT2D eigenvalue weighted by Gasteiger charge is -2.47. The first-order valence-corrected chi connectivity index (χ1v) is 6.82. The van der Waals surface area contributed by atoms with E-state index in [1.54, 1.807) is 0 Å². The molecule has 0 amide bonds. The van der Waals surface area contributed by atoms with Gasteiger partial charge in [0.05, 0.1) is 11.6 Å². The molecular weight excluding hydrogens is 280 g/mol. The number of halogens is 1. The van der Waals surface area contributed by atoms with Gasteiger partial charge < -0.3 is 15.8 Å². The summed E-state index contributed by atoms with van der Waals surface area (Å²) in [6, 6.07) is 8.18. The first-order valence-electron chi connectivity index (χ1n) is 6.03. The summed E-state index contributed by atoms with van der Waals surface area (Å²) in [5, 5.41) is 3.54. The third-order valence-corrected chi connectivity index (χ3v) is 3.76. The molecule has 0 radical (unpaired) electrons. The van der Waals surface area contributed by atoms with Crippen LogP contribution in [0.4, 0.5) is 5.69 Å². The minimum atomic E-state index is 0.0145. The van der Waals surface area contributed by atoms with Crippen molar-refractivity contribution in [2.45, 2.75) is 31.4 Å². The molecule has 0 aliphatic heterocycles. The summed E-state index contributed by atoms with van der Waals surface area (Å²) in [5.74, 6) is 0.